The molecule has 0 atom stereocenters. The van der Waals surface area contributed by atoms with E-state index in [1.807, 2.05) is 34.9 Å². The number of benzene rings is 1. The molecule has 0 saturated carbocycles. The maximum atomic E-state index is 12.5. The van der Waals surface area contributed by atoms with Crippen LogP contribution in [-0.4, -0.2) is 24.8 Å². The number of aryl methyl sites for hydroxylation is 2. The van der Waals surface area contributed by atoms with Gasteiger partial charge in [-0.25, -0.2) is 10.2 Å². The highest BCUT2D eigenvalue weighted by molar-refractivity contribution is 6.00. The Hall–Kier alpha value is -3.16. The van der Waals surface area contributed by atoms with E-state index in [0.717, 1.165) is 30.5 Å². The third-order valence-electron chi connectivity index (χ3n) is 4.82. The lowest BCUT2D eigenvalue weighted by Gasteiger charge is -2.11. The Morgan fingerprint density at radius 1 is 1.24 bits per heavy atom. The lowest BCUT2D eigenvalue weighted by Crippen LogP contribution is -2.29. The van der Waals surface area contributed by atoms with Crippen molar-refractivity contribution >= 4 is 22.8 Å². The molecule has 1 aromatic carbocycles. The molecule has 0 saturated heterocycles. The molecule has 0 bridgehead atoms. The van der Waals surface area contributed by atoms with Crippen LogP contribution >= 0.6 is 0 Å². The number of fused-ring (bicyclic) bond motifs is 1. The second kappa shape index (κ2) is 8.89. The van der Waals surface area contributed by atoms with E-state index in [0.29, 0.717) is 29.6 Å². The van der Waals surface area contributed by atoms with E-state index in [1.54, 1.807) is 7.05 Å². The largest absolute Gasteiger partial charge is 0.329 e. The van der Waals surface area contributed by atoms with E-state index in [9.17, 15) is 9.59 Å². The third-order valence-corrected chi connectivity index (χ3v) is 4.82. The van der Waals surface area contributed by atoms with E-state index in [-0.39, 0.29) is 0 Å². The van der Waals surface area contributed by atoms with Gasteiger partial charge in [0.25, 0.3) is 5.56 Å². The van der Waals surface area contributed by atoms with E-state index in [1.165, 1.54) is 4.57 Å². The fraction of sp³-hybridized carbons (Fsp3) is 0.429. The first-order valence-corrected chi connectivity index (χ1v) is 9.99. The molecule has 3 aromatic rings. The minimum Gasteiger partial charge on any atom is -0.303 e. The summed E-state index contributed by atoms with van der Waals surface area (Å²) >= 11 is 0. The van der Waals surface area contributed by atoms with E-state index in [4.69, 9.17) is 0 Å². The van der Waals surface area contributed by atoms with Gasteiger partial charge in [0, 0.05) is 13.6 Å². The Bertz CT molecular complexity index is 1120. The van der Waals surface area contributed by atoms with Gasteiger partial charge in [-0.05, 0) is 24.3 Å². The van der Waals surface area contributed by atoms with Gasteiger partial charge in [0.15, 0.2) is 11.2 Å². The fourth-order valence-corrected chi connectivity index (χ4v) is 3.17. The van der Waals surface area contributed by atoms with Gasteiger partial charge in [-0.3, -0.25) is 14.3 Å². The molecule has 2 aromatic heterocycles. The van der Waals surface area contributed by atoms with Gasteiger partial charge >= 0.3 is 5.69 Å². The summed E-state index contributed by atoms with van der Waals surface area (Å²) in [6.07, 6.45) is 2.63. The minimum absolute atomic E-state index is 0.344. The lowest BCUT2D eigenvalue weighted by atomic mass is 10.1. The molecular weight excluding hydrogens is 368 g/mol. The summed E-state index contributed by atoms with van der Waals surface area (Å²) in [5, 5.41) is 4.60. The van der Waals surface area contributed by atoms with Crippen molar-refractivity contribution in [3.05, 3.63) is 56.7 Å². The number of nitrogens with one attached hydrogen (secondary N) is 2. The number of H-pyrrole nitrogens is 1. The van der Waals surface area contributed by atoms with E-state index in [2.05, 4.69) is 41.3 Å². The lowest BCUT2D eigenvalue weighted by molar-refractivity contribution is 0.524. The number of nitrogens with zero attached hydrogens (tertiary/aromatic N) is 4. The van der Waals surface area contributed by atoms with Crippen LogP contribution in [0.15, 0.2) is 45.0 Å². The van der Waals surface area contributed by atoms with Crippen LogP contribution in [0.1, 0.15) is 45.6 Å². The number of aromatic amines is 1. The maximum Gasteiger partial charge on any atom is 0.329 e. The highest BCUT2D eigenvalue weighted by atomic mass is 16.2. The van der Waals surface area contributed by atoms with Crippen molar-refractivity contribution in [1.29, 1.82) is 0 Å². The second-order valence-corrected chi connectivity index (χ2v) is 7.55. The second-order valence-electron chi connectivity index (χ2n) is 7.55. The summed E-state index contributed by atoms with van der Waals surface area (Å²) in [6.45, 7) is 6.95. The number of imidazole rings is 1. The van der Waals surface area contributed by atoms with E-state index < -0.39 is 11.2 Å². The molecule has 0 radical (unpaired) electrons. The van der Waals surface area contributed by atoms with Crippen molar-refractivity contribution in [2.24, 2.45) is 18.1 Å². The summed E-state index contributed by atoms with van der Waals surface area (Å²) in [7, 11) is 1.60. The predicted molar refractivity (Wildman–Crippen MR) is 117 cm³/mol. The highest BCUT2D eigenvalue weighted by Gasteiger charge is 2.17. The summed E-state index contributed by atoms with van der Waals surface area (Å²) in [4.78, 5) is 31.4. The Morgan fingerprint density at radius 3 is 2.62 bits per heavy atom. The number of aromatic nitrogens is 4. The van der Waals surface area contributed by atoms with Gasteiger partial charge < -0.3 is 4.57 Å². The van der Waals surface area contributed by atoms with Crippen LogP contribution in [-0.2, 0) is 13.6 Å². The molecule has 0 aliphatic rings. The molecule has 0 aliphatic carbocycles. The van der Waals surface area contributed by atoms with Gasteiger partial charge in [0.1, 0.15) is 0 Å². The summed E-state index contributed by atoms with van der Waals surface area (Å²) < 4.78 is 3.16. The highest BCUT2D eigenvalue weighted by Crippen LogP contribution is 2.18. The van der Waals surface area contributed by atoms with Crippen molar-refractivity contribution in [3.8, 4) is 0 Å². The van der Waals surface area contributed by atoms with Crippen molar-refractivity contribution in [3.63, 3.8) is 0 Å². The van der Waals surface area contributed by atoms with Crippen molar-refractivity contribution < 1.29 is 0 Å². The molecular formula is C21H28N6O2. The SMILES string of the molecule is CCC/C(=N\Nc1nc2c(c(=O)[nH]c(=O)n2C)n1CCC(C)C)c1ccccc1. The zero-order valence-electron chi connectivity index (χ0n) is 17.4. The fourth-order valence-electron chi connectivity index (χ4n) is 3.17. The van der Waals surface area contributed by atoms with Crippen LogP contribution in [0.4, 0.5) is 5.95 Å². The minimum atomic E-state index is -0.484. The average Bonchev–Trinajstić information content (AvgIpc) is 3.07. The topological polar surface area (TPSA) is 97.1 Å². The van der Waals surface area contributed by atoms with Gasteiger partial charge in [0.05, 0.1) is 5.71 Å². The number of hydrazone groups is 1. The molecule has 3 rings (SSSR count). The molecule has 2 N–H and O–H groups in total. The van der Waals surface area contributed by atoms with E-state index >= 15 is 0 Å². The molecule has 8 nitrogen and oxygen atoms in total. The molecule has 154 valence electrons. The summed E-state index contributed by atoms with van der Waals surface area (Å²) in [5.74, 6) is 0.910. The van der Waals surface area contributed by atoms with Gasteiger partial charge in [-0.1, -0.05) is 57.5 Å². The maximum absolute atomic E-state index is 12.5. The predicted octanol–water partition coefficient (Wildman–Crippen LogP) is 3.09. The normalized spacial score (nSPS) is 12.1. The van der Waals surface area contributed by atoms with Gasteiger partial charge in [-0.15, -0.1) is 0 Å². The van der Waals surface area contributed by atoms with Crippen molar-refractivity contribution in [2.45, 2.75) is 46.6 Å². The Kier molecular flexibility index (Phi) is 6.31. The van der Waals surface area contributed by atoms with Crippen molar-refractivity contribution in [1.82, 2.24) is 19.1 Å². The average molecular weight is 396 g/mol. The quantitative estimate of drug-likeness (QED) is 0.452. The van der Waals surface area contributed by atoms with Gasteiger partial charge in [-0.2, -0.15) is 10.1 Å². The first-order valence-electron chi connectivity index (χ1n) is 9.99. The third kappa shape index (κ3) is 4.47. The molecule has 0 fully saturated rings. The molecule has 8 heteroatoms. The summed E-state index contributed by atoms with van der Waals surface area (Å²) in [5.41, 5.74) is 4.81. The zero-order valence-corrected chi connectivity index (χ0v) is 17.4. The molecule has 29 heavy (non-hydrogen) atoms. The number of hydrogen-bond donors (Lipinski definition) is 2. The van der Waals surface area contributed by atoms with Crippen LogP contribution < -0.4 is 16.7 Å². The first kappa shape index (κ1) is 20.6. The van der Waals surface area contributed by atoms with Crippen molar-refractivity contribution in [2.75, 3.05) is 5.43 Å². The molecule has 0 aliphatic heterocycles. The van der Waals surface area contributed by atoms with Gasteiger partial charge in [0.2, 0.25) is 5.95 Å². The Labute approximate surface area is 169 Å². The standard InChI is InChI=1S/C21H28N6O2/c1-5-9-16(15-10-7-6-8-11-15)24-25-20-22-18-17(27(20)13-12-14(2)3)19(28)23-21(29)26(18)4/h6-8,10-11,14H,5,9,12-13H2,1-4H3,(H,22,25)(H,23,28,29)/b24-16+. The summed E-state index contributed by atoms with van der Waals surface area (Å²) in [6, 6.07) is 9.97. The first-order chi connectivity index (χ1) is 13.9. The molecule has 2 heterocycles. The molecule has 0 unspecified atom stereocenters. The number of anilines is 1. The Balaban J connectivity index is 2.08. The van der Waals surface area contributed by atoms with Crippen LogP contribution in [0.25, 0.3) is 11.2 Å². The van der Waals surface area contributed by atoms with Crippen LogP contribution in [0, 0.1) is 5.92 Å². The smallest absolute Gasteiger partial charge is 0.303 e. The van der Waals surface area contributed by atoms with Crippen LogP contribution in [0.2, 0.25) is 0 Å². The van der Waals surface area contributed by atoms with Crippen LogP contribution in [0.5, 0.6) is 0 Å². The zero-order chi connectivity index (χ0) is 21.0. The monoisotopic (exact) mass is 396 g/mol. The Morgan fingerprint density at radius 2 is 1.97 bits per heavy atom. The molecule has 0 spiro atoms. The van der Waals surface area contributed by atoms with Crippen LogP contribution in [0.3, 0.4) is 0 Å². The number of hydrogen-bond acceptors (Lipinski definition) is 5. The molecule has 0 amide bonds. The number of rotatable bonds is 8.